The number of nitrogens with zero attached hydrogens (tertiary/aromatic N) is 4. The second kappa shape index (κ2) is 4.84. The van der Waals surface area contributed by atoms with Gasteiger partial charge in [-0.2, -0.15) is 0 Å². The summed E-state index contributed by atoms with van der Waals surface area (Å²) in [7, 11) is 0. The molecule has 0 atom stereocenters. The maximum atomic E-state index is 12.2. The van der Waals surface area contributed by atoms with E-state index in [0.717, 1.165) is 29.9 Å². The number of hydrogen-bond acceptors (Lipinski definition) is 3. The predicted octanol–water partition coefficient (Wildman–Crippen LogP) is 2.21. The molecule has 1 aliphatic rings. The van der Waals surface area contributed by atoms with Gasteiger partial charge in [-0.05, 0) is 25.0 Å². The largest absolute Gasteiger partial charge is 0.307 e. The van der Waals surface area contributed by atoms with Crippen molar-refractivity contribution in [3.63, 3.8) is 0 Å². The number of hydrogen-bond donors (Lipinski definition) is 0. The van der Waals surface area contributed by atoms with Crippen molar-refractivity contribution in [1.82, 2.24) is 18.9 Å². The lowest BCUT2D eigenvalue weighted by molar-refractivity contribution is 0.409. The standard InChI is InChI=1S/C16H16N4O/c21-16-8-14(12-4-3-5-12)17-11-20(16)10-13-9-19-7-2-1-6-15(19)18-13/h1-2,6-9,11-12H,3-5,10H2. The van der Waals surface area contributed by atoms with Gasteiger partial charge in [0.25, 0.3) is 5.56 Å². The van der Waals surface area contributed by atoms with Crippen molar-refractivity contribution in [3.05, 3.63) is 64.7 Å². The molecule has 5 heteroatoms. The summed E-state index contributed by atoms with van der Waals surface area (Å²) in [6, 6.07) is 7.54. The van der Waals surface area contributed by atoms with Crippen LogP contribution in [0, 0.1) is 0 Å². The molecule has 0 aliphatic heterocycles. The van der Waals surface area contributed by atoms with Crippen LogP contribution in [0.5, 0.6) is 0 Å². The average Bonchev–Trinajstić information content (AvgIpc) is 2.82. The Morgan fingerprint density at radius 1 is 1.29 bits per heavy atom. The lowest BCUT2D eigenvalue weighted by Crippen LogP contribution is -2.23. The fourth-order valence-corrected chi connectivity index (χ4v) is 2.72. The molecule has 1 fully saturated rings. The number of rotatable bonds is 3. The first-order valence-electron chi connectivity index (χ1n) is 7.28. The molecular weight excluding hydrogens is 264 g/mol. The van der Waals surface area contributed by atoms with Gasteiger partial charge >= 0.3 is 0 Å². The van der Waals surface area contributed by atoms with Crippen molar-refractivity contribution in [1.29, 1.82) is 0 Å². The van der Waals surface area contributed by atoms with Gasteiger partial charge < -0.3 is 4.40 Å². The van der Waals surface area contributed by atoms with Crippen LogP contribution in [0.1, 0.15) is 36.6 Å². The fraction of sp³-hybridized carbons (Fsp3) is 0.312. The molecule has 0 bridgehead atoms. The molecule has 0 radical (unpaired) electrons. The van der Waals surface area contributed by atoms with Crippen LogP contribution in [0.2, 0.25) is 0 Å². The Labute approximate surface area is 121 Å². The number of pyridine rings is 1. The van der Waals surface area contributed by atoms with E-state index >= 15 is 0 Å². The van der Waals surface area contributed by atoms with Crippen LogP contribution in [0.3, 0.4) is 0 Å². The smallest absolute Gasteiger partial charge is 0.253 e. The molecule has 3 aromatic rings. The van der Waals surface area contributed by atoms with Crippen LogP contribution < -0.4 is 5.56 Å². The molecular formula is C16H16N4O. The number of aromatic nitrogens is 4. The molecule has 21 heavy (non-hydrogen) atoms. The lowest BCUT2D eigenvalue weighted by atomic mass is 9.83. The Balaban J connectivity index is 1.62. The van der Waals surface area contributed by atoms with Crippen LogP contribution in [0.15, 0.2) is 47.8 Å². The van der Waals surface area contributed by atoms with Crippen molar-refractivity contribution in [2.75, 3.05) is 0 Å². The van der Waals surface area contributed by atoms with E-state index in [9.17, 15) is 4.79 Å². The maximum Gasteiger partial charge on any atom is 0.253 e. The minimum atomic E-state index is 0.00366. The summed E-state index contributed by atoms with van der Waals surface area (Å²) in [5, 5.41) is 0. The van der Waals surface area contributed by atoms with E-state index in [1.54, 1.807) is 17.0 Å². The van der Waals surface area contributed by atoms with Gasteiger partial charge in [0.1, 0.15) is 5.65 Å². The molecule has 0 spiro atoms. The van der Waals surface area contributed by atoms with Gasteiger partial charge in [0, 0.05) is 24.4 Å². The van der Waals surface area contributed by atoms with Gasteiger partial charge in [-0.1, -0.05) is 12.5 Å². The Morgan fingerprint density at radius 2 is 2.19 bits per heavy atom. The topological polar surface area (TPSA) is 52.2 Å². The normalized spacial score (nSPS) is 15.2. The minimum Gasteiger partial charge on any atom is -0.307 e. The Bertz CT molecular complexity index is 812. The zero-order valence-corrected chi connectivity index (χ0v) is 11.6. The molecule has 1 aliphatic carbocycles. The zero-order chi connectivity index (χ0) is 14.2. The van der Waals surface area contributed by atoms with Crippen LogP contribution >= 0.6 is 0 Å². The Hall–Kier alpha value is -2.43. The zero-order valence-electron chi connectivity index (χ0n) is 11.6. The monoisotopic (exact) mass is 280 g/mol. The molecule has 4 rings (SSSR count). The van der Waals surface area contributed by atoms with Crippen LogP contribution in [0.4, 0.5) is 0 Å². The predicted molar refractivity (Wildman–Crippen MR) is 79.4 cm³/mol. The summed E-state index contributed by atoms with van der Waals surface area (Å²) in [6.07, 6.45) is 9.11. The summed E-state index contributed by atoms with van der Waals surface area (Å²) >= 11 is 0. The number of fused-ring (bicyclic) bond motifs is 1. The molecule has 0 unspecified atom stereocenters. The van der Waals surface area contributed by atoms with Gasteiger partial charge in [0.05, 0.1) is 24.3 Å². The molecule has 0 saturated heterocycles. The van der Waals surface area contributed by atoms with Gasteiger partial charge in [0.15, 0.2) is 0 Å². The number of imidazole rings is 1. The van der Waals surface area contributed by atoms with E-state index in [1.807, 2.05) is 35.0 Å². The van der Waals surface area contributed by atoms with Crippen molar-refractivity contribution < 1.29 is 0 Å². The van der Waals surface area contributed by atoms with Crippen molar-refractivity contribution in [2.45, 2.75) is 31.7 Å². The second-order valence-electron chi connectivity index (χ2n) is 5.61. The second-order valence-corrected chi connectivity index (χ2v) is 5.61. The van der Waals surface area contributed by atoms with Gasteiger partial charge in [-0.3, -0.25) is 9.36 Å². The van der Waals surface area contributed by atoms with E-state index in [0.29, 0.717) is 12.5 Å². The highest BCUT2D eigenvalue weighted by Gasteiger charge is 2.21. The van der Waals surface area contributed by atoms with Gasteiger partial charge in [0.2, 0.25) is 0 Å². The highest BCUT2D eigenvalue weighted by atomic mass is 16.1. The van der Waals surface area contributed by atoms with Crippen molar-refractivity contribution >= 4 is 5.65 Å². The summed E-state index contributed by atoms with van der Waals surface area (Å²) in [6.45, 7) is 0.457. The van der Waals surface area contributed by atoms with Crippen LogP contribution in [-0.4, -0.2) is 18.9 Å². The Morgan fingerprint density at radius 3 is 2.90 bits per heavy atom. The third-order valence-electron chi connectivity index (χ3n) is 4.17. The van der Waals surface area contributed by atoms with E-state index in [2.05, 4.69) is 9.97 Å². The molecule has 3 heterocycles. The molecule has 3 aromatic heterocycles. The van der Waals surface area contributed by atoms with Gasteiger partial charge in [-0.15, -0.1) is 0 Å². The maximum absolute atomic E-state index is 12.2. The van der Waals surface area contributed by atoms with Crippen LogP contribution in [0.25, 0.3) is 5.65 Å². The quantitative estimate of drug-likeness (QED) is 0.739. The van der Waals surface area contributed by atoms with Crippen LogP contribution in [-0.2, 0) is 6.54 Å². The SMILES string of the molecule is O=c1cc(C2CCC2)ncn1Cc1cn2ccccc2n1. The molecule has 0 amide bonds. The summed E-state index contributed by atoms with van der Waals surface area (Å²) in [5.41, 5.74) is 2.70. The first-order chi connectivity index (χ1) is 10.3. The third kappa shape index (κ3) is 2.24. The summed E-state index contributed by atoms with van der Waals surface area (Å²) < 4.78 is 3.57. The highest BCUT2D eigenvalue weighted by Crippen LogP contribution is 2.34. The van der Waals surface area contributed by atoms with Gasteiger partial charge in [-0.25, -0.2) is 9.97 Å². The summed E-state index contributed by atoms with van der Waals surface area (Å²) in [5.74, 6) is 0.488. The third-order valence-corrected chi connectivity index (χ3v) is 4.17. The molecule has 1 saturated carbocycles. The molecule has 0 N–H and O–H groups in total. The average molecular weight is 280 g/mol. The molecule has 106 valence electrons. The van der Waals surface area contributed by atoms with E-state index in [4.69, 9.17) is 0 Å². The van der Waals surface area contributed by atoms with Crippen molar-refractivity contribution in [2.24, 2.45) is 0 Å². The van der Waals surface area contributed by atoms with E-state index in [1.165, 1.54) is 6.42 Å². The van der Waals surface area contributed by atoms with E-state index < -0.39 is 0 Å². The lowest BCUT2D eigenvalue weighted by Gasteiger charge is -2.24. The minimum absolute atomic E-state index is 0.00366. The summed E-state index contributed by atoms with van der Waals surface area (Å²) in [4.78, 5) is 21.1. The first-order valence-corrected chi connectivity index (χ1v) is 7.28. The van der Waals surface area contributed by atoms with E-state index in [-0.39, 0.29) is 5.56 Å². The highest BCUT2D eigenvalue weighted by molar-refractivity contribution is 5.39. The first kappa shape index (κ1) is 12.3. The molecule has 0 aromatic carbocycles. The molecule has 5 nitrogen and oxygen atoms in total. The fourth-order valence-electron chi connectivity index (χ4n) is 2.72. The Kier molecular flexibility index (Phi) is 2.84. The van der Waals surface area contributed by atoms with Crippen molar-refractivity contribution in [3.8, 4) is 0 Å².